The van der Waals surface area contributed by atoms with E-state index >= 15 is 0 Å². The fourth-order valence-electron chi connectivity index (χ4n) is 2.05. The van der Waals surface area contributed by atoms with Crippen molar-refractivity contribution in [3.63, 3.8) is 0 Å². The van der Waals surface area contributed by atoms with E-state index in [1.807, 2.05) is 0 Å². The summed E-state index contributed by atoms with van der Waals surface area (Å²) < 4.78 is 52.7. The lowest BCUT2D eigenvalue weighted by atomic mass is 9.96. The molecule has 1 aliphatic rings. The second-order valence-corrected chi connectivity index (χ2v) is 6.80. The summed E-state index contributed by atoms with van der Waals surface area (Å²) in [7, 11) is -3.91. The normalized spacial score (nSPS) is 24.3. The molecule has 1 aliphatic heterocycles. The van der Waals surface area contributed by atoms with Crippen molar-refractivity contribution in [3.8, 4) is 0 Å². The minimum absolute atomic E-state index is 0.0437. The first-order valence-corrected chi connectivity index (χ1v) is 7.41. The molecule has 0 bridgehead atoms. The molecule has 0 aliphatic carbocycles. The van der Waals surface area contributed by atoms with E-state index in [0.717, 1.165) is 4.31 Å². The average molecular weight is 290 g/mol. The molecule has 1 atom stereocenters. The Bertz CT molecular complexity index is 575. The standard InChI is InChI=1S/C12H16F2N2O2S/c1-9-5-6-16(8-12(9,13)14)19(17,18)11-4-2-3-10(15)7-11/h2-4,7,9H,5-6,8,15H2,1H3. The summed E-state index contributed by atoms with van der Waals surface area (Å²) in [5, 5.41) is 0. The van der Waals surface area contributed by atoms with E-state index in [9.17, 15) is 17.2 Å². The number of rotatable bonds is 2. The highest BCUT2D eigenvalue weighted by atomic mass is 32.2. The molecular weight excluding hydrogens is 274 g/mol. The SMILES string of the molecule is CC1CCN(S(=O)(=O)c2cccc(N)c2)CC1(F)F. The van der Waals surface area contributed by atoms with Crippen LogP contribution in [0.2, 0.25) is 0 Å². The van der Waals surface area contributed by atoms with Crippen molar-refractivity contribution in [2.45, 2.75) is 24.2 Å². The summed E-state index contributed by atoms with van der Waals surface area (Å²) in [6, 6.07) is 5.69. The number of hydrogen-bond acceptors (Lipinski definition) is 3. The van der Waals surface area contributed by atoms with E-state index in [1.165, 1.54) is 25.1 Å². The monoisotopic (exact) mass is 290 g/mol. The van der Waals surface area contributed by atoms with E-state index in [2.05, 4.69) is 0 Å². The van der Waals surface area contributed by atoms with Crippen LogP contribution in [0.1, 0.15) is 13.3 Å². The van der Waals surface area contributed by atoms with Gasteiger partial charge >= 0.3 is 0 Å². The van der Waals surface area contributed by atoms with Crippen molar-refractivity contribution < 1.29 is 17.2 Å². The number of halogens is 2. The van der Waals surface area contributed by atoms with Gasteiger partial charge in [0.1, 0.15) is 0 Å². The molecule has 1 aromatic carbocycles. The van der Waals surface area contributed by atoms with Crippen molar-refractivity contribution in [2.24, 2.45) is 5.92 Å². The molecule has 0 amide bonds. The number of piperidine rings is 1. The van der Waals surface area contributed by atoms with Crippen LogP contribution < -0.4 is 5.73 Å². The highest BCUT2D eigenvalue weighted by molar-refractivity contribution is 7.89. The quantitative estimate of drug-likeness (QED) is 0.847. The number of nitrogen functional groups attached to an aromatic ring is 1. The molecule has 1 unspecified atom stereocenters. The molecule has 106 valence electrons. The van der Waals surface area contributed by atoms with Crippen molar-refractivity contribution in [1.29, 1.82) is 0 Å². The van der Waals surface area contributed by atoms with Crippen molar-refractivity contribution >= 4 is 15.7 Å². The molecule has 1 aromatic rings. The molecule has 2 rings (SSSR count). The Morgan fingerprint density at radius 1 is 1.42 bits per heavy atom. The molecule has 0 saturated carbocycles. The summed E-state index contributed by atoms with van der Waals surface area (Å²) in [4.78, 5) is -0.0437. The molecule has 1 saturated heterocycles. The van der Waals surface area contributed by atoms with Crippen LogP contribution in [0.15, 0.2) is 29.2 Å². The Balaban J connectivity index is 2.31. The smallest absolute Gasteiger partial charge is 0.264 e. The van der Waals surface area contributed by atoms with Crippen molar-refractivity contribution in [2.75, 3.05) is 18.8 Å². The molecule has 1 fully saturated rings. The van der Waals surface area contributed by atoms with E-state index in [4.69, 9.17) is 5.73 Å². The van der Waals surface area contributed by atoms with E-state index in [0.29, 0.717) is 5.69 Å². The summed E-state index contributed by atoms with van der Waals surface area (Å²) in [6.07, 6.45) is 0.147. The van der Waals surface area contributed by atoms with Crippen LogP contribution >= 0.6 is 0 Å². The van der Waals surface area contributed by atoms with E-state index in [1.54, 1.807) is 6.07 Å². The minimum Gasteiger partial charge on any atom is -0.399 e. The topological polar surface area (TPSA) is 63.4 Å². The first-order valence-electron chi connectivity index (χ1n) is 5.97. The summed E-state index contributed by atoms with van der Waals surface area (Å²) >= 11 is 0. The zero-order valence-corrected chi connectivity index (χ0v) is 11.3. The van der Waals surface area contributed by atoms with Gasteiger partial charge in [-0.15, -0.1) is 0 Å². The molecular formula is C12H16F2N2O2S. The van der Waals surface area contributed by atoms with Crippen LogP contribution in [0.25, 0.3) is 0 Å². The summed E-state index contributed by atoms with van der Waals surface area (Å²) in [5.41, 5.74) is 5.82. The Labute approximate surface area is 111 Å². The van der Waals surface area contributed by atoms with E-state index in [-0.39, 0.29) is 17.9 Å². The number of anilines is 1. The van der Waals surface area contributed by atoms with E-state index < -0.39 is 28.4 Å². The van der Waals surface area contributed by atoms with Crippen LogP contribution in [0.5, 0.6) is 0 Å². The van der Waals surface area contributed by atoms with Gasteiger partial charge in [0.25, 0.3) is 5.92 Å². The van der Waals surface area contributed by atoms with Gasteiger partial charge in [-0.1, -0.05) is 13.0 Å². The average Bonchev–Trinajstić information content (AvgIpc) is 2.32. The third-order valence-electron chi connectivity index (χ3n) is 3.42. The maximum absolute atomic E-state index is 13.6. The molecule has 2 N–H and O–H groups in total. The molecule has 0 spiro atoms. The predicted octanol–water partition coefficient (Wildman–Crippen LogP) is 1.93. The van der Waals surface area contributed by atoms with Gasteiger partial charge in [-0.05, 0) is 24.6 Å². The molecule has 0 aromatic heterocycles. The maximum atomic E-state index is 13.6. The molecule has 19 heavy (non-hydrogen) atoms. The lowest BCUT2D eigenvalue weighted by Crippen LogP contribution is -2.49. The van der Waals surface area contributed by atoms with Gasteiger partial charge < -0.3 is 5.73 Å². The molecule has 1 heterocycles. The van der Waals surface area contributed by atoms with Crippen molar-refractivity contribution in [3.05, 3.63) is 24.3 Å². The van der Waals surface area contributed by atoms with Gasteiger partial charge in [0.2, 0.25) is 10.0 Å². The minimum atomic E-state index is -3.91. The van der Waals surface area contributed by atoms with Crippen LogP contribution in [0.4, 0.5) is 14.5 Å². The van der Waals surface area contributed by atoms with Gasteiger partial charge in [0.05, 0.1) is 11.4 Å². The molecule has 4 nitrogen and oxygen atoms in total. The summed E-state index contributed by atoms with van der Waals surface area (Å²) in [6.45, 7) is 0.768. The number of benzene rings is 1. The molecule has 0 radical (unpaired) electrons. The largest absolute Gasteiger partial charge is 0.399 e. The predicted molar refractivity (Wildman–Crippen MR) is 68.3 cm³/mol. The Kier molecular flexibility index (Phi) is 3.53. The number of sulfonamides is 1. The second kappa shape index (κ2) is 4.72. The zero-order chi connectivity index (χ0) is 14.3. The highest BCUT2D eigenvalue weighted by Gasteiger charge is 2.45. The van der Waals surface area contributed by atoms with Crippen LogP contribution in [0.3, 0.4) is 0 Å². The van der Waals surface area contributed by atoms with Gasteiger partial charge in [0, 0.05) is 18.2 Å². The first kappa shape index (κ1) is 14.2. The Morgan fingerprint density at radius 2 is 2.11 bits per heavy atom. The van der Waals surface area contributed by atoms with Crippen LogP contribution in [-0.4, -0.2) is 31.7 Å². The number of nitrogens with two attached hydrogens (primary N) is 1. The summed E-state index contributed by atoms with van der Waals surface area (Å²) in [5.74, 6) is -3.80. The fraction of sp³-hybridized carbons (Fsp3) is 0.500. The van der Waals surface area contributed by atoms with Crippen LogP contribution in [-0.2, 0) is 10.0 Å². The van der Waals surface area contributed by atoms with Gasteiger partial charge in [-0.2, -0.15) is 4.31 Å². The maximum Gasteiger partial charge on any atom is 0.264 e. The van der Waals surface area contributed by atoms with Gasteiger partial charge in [0.15, 0.2) is 0 Å². The van der Waals surface area contributed by atoms with Crippen molar-refractivity contribution in [1.82, 2.24) is 4.31 Å². The third kappa shape index (κ3) is 2.71. The lowest BCUT2D eigenvalue weighted by Gasteiger charge is -2.35. The first-order chi connectivity index (χ1) is 8.73. The molecule has 7 heteroatoms. The number of hydrogen-bond donors (Lipinski definition) is 1. The second-order valence-electron chi connectivity index (χ2n) is 4.86. The van der Waals surface area contributed by atoms with Gasteiger partial charge in [-0.3, -0.25) is 0 Å². The number of nitrogens with zero attached hydrogens (tertiary/aromatic N) is 1. The van der Waals surface area contributed by atoms with Gasteiger partial charge in [-0.25, -0.2) is 17.2 Å². The third-order valence-corrected chi connectivity index (χ3v) is 5.26. The Hall–Kier alpha value is -1.21. The Morgan fingerprint density at radius 3 is 2.68 bits per heavy atom. The fourth-order valence-corrected chi connectivity index (χ4v) is 3.57. The lowest BCUT2D eigenvalue weighted by molar-refractivity contribution is -0.0864. The van der Waals surface area contributed by atoms with Crippen LogP contribution in [0, 0.1) is 5.92 Å². The highest BCUT2D eigenvalue weighted by Crippen LogP contribution is 2.34. The number of alkyl halides is 2. The zero-order valence-electron chi connectivity index (χ0n) is 10.5.